The zero-order chi connectivity index (χ0) is 57.6. The van der Waals surface area contributed by atoms with Crippen molar-refractivity contribution in [3.05, 3.63) is 181 Å². The number of hydrogen-bond donors (Lipinski definition) is 2. The first-order chi connectivity index (χ1) is 39.6. The summed E-state index contributed by atoms with van der Waals surface area (Å²) in [6.07, 6.45) is 12.5. The minimum absolute atomic E-state index is 0. The molecule has 18 nitrogen and oxygen atoms in total. The second kappa shape index (κ2) is 25.4. The van der Waals surface area contributed by atoms with E-state index in [0.29, 0.717) is 62.1 Å². The SMILES string of the molecule is C.CC(=O)c1cn(CC(=O)N2C[C@H](F)C[C@H]2C(=O)CCc2ccncc2)c2ccc(Nc3cccnc3)cc12.CC(=O)c1cn(CC(=O)N2C[C@H](F)C[C@H]2C(=O)Cc2cc(C)nn2-c2ccccc2F)c2ccc(Nc3cncnc3)cc12. The second-order valence-electron chi connectivity index (χ2n) is 20.4. The number of hydrogen-bond acceptors (Lipinski definition) is 13. The highest BCUT2D eigenvalue weighted by Crippen LogP contribution is 2.32. The van der Waals surface area contributed by atoms with Crippen LogP contribution in [0, 0.1) is 12.7 Å². The van der Waals surface area contributed by atoms with Gasteiger partial charge in [0, 0.05) is 94.6 Å². The number of likely N-dealkylation sites (tertiary alicyclic amines) is 2. The molecule has 3 aromatic carbocycles. The van der Waals surface area contributed by atoms with Crippen LogP contribution < -0.4 is 10.6 Å². The van der Waals surface area contributed by atoms with Crippen molar-refractivity contribution in [3.63, 3.8) is 0 Å². The molecule has 2 fully saturated rings. The lowest BCUT2D eigenvalue weighted by Gasteiger charge is -2.24. The molecule has 0 bridgehead atoms. The summed E-state index contributed by atoms with van der Waals surface area (Å²) in [4.78, 5) is 97.1. The number of ketones is 4. The number of aryl methyl sites for hydroxylation is 2. The van der Waals surface area contributed by atoms with Crippen LogP contribution in [0.25, 0.3) is 27.5 Å². The lowest BCUT2D eigenvalue weighted by molar-refractivity contribution is -0.138. The Morgan fingerprint density at radius 2 is 1.17 bits per heavy atom. The third-order valence-corrected chi connectivity index (χ3v) is 14.6. The molecule has 9 aromatic rings. The van der Waals surface area contributed by atoms with E-state index in [0.717, 1.165) is 16.9 Å². The van der Waals surface area contributed by atoms with Crippen molar-refractivity contribution in [3.8, 4) is 5.69 Å². The zero-order valence-electron chi connectivity index (χ0n) is 45.1. The van der Waals surface area contributed by atoms with Gasteiger partial charge in [-0.3, -0.25) is 38.7 Å². The van der Waals surface area contributed by atoms with E-state index < -0.39 is 36.2 Å². The van der Waals surface area contributed by atoms with Crippen LogP contribution in [-0.2, 0) is 45.1 Å². The van der Waals surface area contributed by atoms with E-state index in [-0.39, 0.29) is 94.0 Å². The number of nitrogens with one attached hydrogen (secondary N) is 2. The van der Waals surface area contributed by atoms with Crippen LogP contribution in [0.5, 0.6) is 0 Å². The average molecular weight is 1130 g/mol. The number of rotatable bonds is 18. The Labute approximate surface area is 476 Å². The first-order valence-corrected chi connectivity index (χ1v) is 26.7. The van der Waals surface area contributed by atoms with Crippen LogP contribution in [-0.4, -0.2) is 121 Å². The molecule has 6 aromatic heterocycles. The molecule has 21 heteroatoms. The van der Waals surface area contributed by atoms with E-state index in [1.165, 1.54) is 40.7 Å². The van der Waals surface area contributed by atoms with Gasteiger partial charge in [-0.25, -0.2) is 27.8 Å². The summed E-state index contributed by atoms with van der Waals surface area (Å²) in [5.74, 6) is -2.11. The van der Waals surface area contributed by atoms with Crippen molar-refractivity contribution in [1.82, 2.24) is 48.7 Å². The fourth-order valence-corrected chi connectivity index (χ4v) is 10.7. The summed E-state index contributed by atoms with van der Waals surface area (Å²) in [7, 11) is 0. The average Bonchev–Trinajstić information content (AvgIpc) is 4.17. The summed E-state index contributed by atoms with van der Waals surface area (Å²) in [6.45, 7) is 4.05. The van der Waals surface area contributed by atoms with Gasteiger partial charge in [0.25, 0.3) is 0 Å². The molecule has 11 rings (SSSR count). The van der Waals surface area contributed by atoms with Crippen molar-refractivity contribution in [2.75, 3.05) is 23.7 Å². The van der Waals surface area contributed by atoms with Crippen molar-refractivity contribution in [2.24, 2.45) is 0 Å². The number of aromatic nitrogens is 8. The first-order valence-electron chi connectivity index (χ1n) is 26.7. The Kier molecular flexibility index (Phi) is 17.8. The van der Waals surface area contributed by atoms with Crippen LogP contribution in [0.15, 0.2) is 147 Å². The van der Waals surface area contributed by atoms with Gasteiger partial charge < -0.3 is 29.6 Å². The van der Waals surface area contributed by atoms with E-state index in [1.807, 2.05) is 42.5 Å². The summed E-state index contributed by atoms with van der Waals surface area (Å²) in [5.41, 5.74) is 7.41. The number of halogens is 3. The van der Waals surface area contributed by atoms with Crippen molar-refractivity contribution in [1.29, 1.82) is 0 Å². The number of amides is 2. The van der Waals surface area contributed by atoms with E-state index in [2.05, 4.69) is 35.7 Å². The fourth-order valence-electron chi connectivity index (χ4n) is 10.7. The Bertz CT molecular complexity index is 3850. The maximum Gasteiger partial charge on any atom is 0.243 e. The maximum absolute atomic E-state index is 14.7. The van der Waals surface area contributed by atoms with E-state index >= 15 is 0 Å². The molecule has 2 saturated heterocycles. The predicted molar refractivity (Wildman–Crippen MR) is 308 cm³/mol. The number of anilines is 4. The monoisotopic (exact) mass is 1130 g/mol. The standard InChI is InChI=1S/C32H29F2N7O3.C29H28FN5O3.CH4/c1-19-9-24(41(38-19)29-6-4-3-5-27(29)34)12-31(43)30-10-21(33)15-40(30)32(44)17-39-16-26(20(2)42)25-11-22(7-8-28(25)39)37-23-13-35-18-36-14-23;1-19(36)25-17-34(26-6-5-22(14-24(25)26)33-23-3-2-10-32-15-23)18-29(38)35-16-21(30)13-27(35)28(37)7-4-20-8-11-31-12-9-20;/h3-9,11,13-14,16,18,21,30,37H,10,12,15,17H2,1-2H3;2-3,5-6,8-12,14-15,17,21,27,33H,4,7,13,16,18H2,1H3;1H4/t21-,30+;21-,27+;/m11./s1. The normalized spacial score (nSPS) is 16.5. The topological polar surface area (TPSA) is 212 Å². The Morgan fingerprint density at radius 3 is 1.72 bits per heavy atom. The molecule has 426 valence electrons. The minimum Gasteiger partial charge on any atom is -0.354 e. The third-order valence-electron chi connectivity index (χ3n) is 14.6. The van der Waals surface area contributed by atoms with E-state index in [4.69, 9.17) is 0 Å². The highest BCUT2D eigenvalue weighted by Gasteiger charge is 2.41. The third kappa shape index (κ3) is 13.3. The number of fused-ring (bicyclic) bond motifs is 2. The Balaban J connectivity index is 0.000000199. The van der Waals surface area contributed by atoms with Gasteiger partial charge in [0.05, 0.1) is 72.9 Å². The van der Waals surface area contributed by atoms with Crippen molar-refractivity contribution < 1.29 is 41.9 Å². The molecule has 2 aliphatic heterocycles. The van der Waals surface area contributed by atoms with Crippen molar-refractivity contribution >= 4 is 79.5 Å². The van der Waals surface area contributed by atoms with Gasteiger partial charge in [0.1, 0.15) is 43.3 Å². The number of nitrogens with zero attached hydrogens (tertiary/aromatic N) is 10. The van der Waals surface area contributed by atoms with Crippen LogP contribution in [0.2, 0.25) is 0 Å². The number of carbonyl (C=O) groups is 6. The molecular weight excluding hydrogens is 1070 g/mol. The van der Waals surface area contributed by atoms with Gasteiger partial charge in [0.15, 0.2) is 23.1 Å². The number of carbonyl (C=O) groups excluding carboxylic acids is 6. The van der Waals surface area contributed by atoms with Gasteiger partial charge >= 0.3 is 0 Å². The molecular formula is C62H61F3N12O6. The van der Waals surface area contributed by atoms with Gasteiger partial charge in [-0.15, -0.1) is 0 Å². The summed E-state index contributed by atoms with van der Waals surface area (Å²) in [5, 5.41) is 12.1. The Morgan fingerprint density at radius 1 is 0.614 bits per heavy atom. The molecule has 0 spiro atoms. The van der Waals surface area contributed by atoms with Crippen LogP contribution in [0.1, 0.15) is 78.2 Å². The van der Waals surface area contributed by atoms with Gasteiger partial charge in [-0.2, -0.15) is 5.10 Å². The van der Waals surface area contributed by atoms with Crippen molar-refractivity contribution in [2.45, 2.75) is 97.8 Å². The van der Waals surface area contributed by atoms with Gasteiger partial charge in [0.2, 0.25) is 11.8 Å². The number of alkyl halides is 2. The van der Waals surface area contributed by atoms with Crippen LogP contribution in [0.3, 0.4) is 0 Å². The zero-order valence-corrected chi connectivity index (χ0v) is 45.1. The molecule has 2 N–H and O–H groups in total. The highest BCUT2D eigenvalue weighted by atomic mass is 19.1. The molecule has 0 aliphatic carbocycles. The van der Waals surface area contributed by atoms with E-state index in [1.54, 1.807) is 108 Å². The summed E-state index contributed by atoms with van der Waals surface area (Å²) in [6, 6.07) is 24.4. The number of pyridine rings is 2. The number of Topliss-reactive ketones (excluding diaryl/α,β-unsaturated/α-hetero) is 4. The van der Waals surface area contributed by atoms with Gasteiger partial charge in [-0.1, -0.05) is 19.6 Å². The fraction of sp³-hybridized carbons (Fsp3) is 0.274. The molecule has 8 heterocycles. The maximum atomic E-state index is 14.7. The highest BCUT2D eigenvalue weighted by molar-refractivity contribution is 6.09. The first kappa shape index (κ1) is 58.0. The molecule has 2 amide bonds. The quantitative estimate of drug-likeness (QED) is 0.0767. The number of para-hydroxylation sites is 1. The molecule has 83 heavy (non-hydrogen) atoms. The lowest BCUT2D eigenvalue weighted by atomic mass is 10.0. The summed E-state index contributed by atoms with van der Waals surface area (Å²) < 4.78 is 48.4. The molecule has 2 aliphatic rings. The number of benzene rings is 3. The minimum atomic E-state index is -1.36. The van der Waals surface area contributed by atoms with Crippen LogP contribution in [0.4, 0.5) is 35.9 Å². The molecule has 4 atom stereocenters. The predicted octanol–water partition coefficient (Wildman–Crippen LogP) is 9.92. The Hall–Kier alpha value is -9.66. The largest absolute Gasteiger partial charge is 0.354 e. The molecule has 0 unspecified atom stereocenters. The molecule has 0 saturated carbocycles. The smallest absolute Gasteiger partial charge is 0.243 e. The summed E-state index contributed by atoms with van der Waals surface area (Å²) >= 11 is 0. The van der Waals surface area contributed by atoms with Gasteiger partial charge in [-0.05, 0) is 112 Å². The lowest BCUT2D eigenvalue weighted by Crippen LogP contribution is -2.43. The van der Waals surface area contributed by atoms with E-state index in [9.17, 15) is 41.9 Å². The van der Waals surface area contributed by atoms with Crippen LogP contribution >= 0.6 is 0 Å². The molecule has 0 radical (unpaired) electrons. The second-order valence-corrected chi connectivity index (χ2v) is 20.4.